The van der Waals surface area contributed by atoms with Gasteiger partial charge in [0.2, 0.25) is 12.3 Å². The summed E-state index contributed by atoms with van der Waals surface area (Å²) in [5, 5.41) is 14.1. The molecule has 0 atom stereocenters. The third-order valence-corrected chi connectivity index (χ3v) is 5.73. The number of rotatable bonds is 15. The molecule has 0 saturated heterocycles. The highest BCUT2D eigenvalue weighted by Crippen LogP contribution is 2.36. The van der Waals surface area contributed by atoms with Crippen molar-refractivity contribution in [3.8, 4) is 11.5 Å². The summed E-state index contributed by atoms with van der Waals surface area (Å²) in [4.78, 5) is 35.6. The molecule has 0 aliphatic rings. The molecular formula is C27H33ClN2O5. The first-order valence-electron chi connectivity index (χ1n) is 11.8. The van der Waals surface area contributed by atoms with E-state index in [0.717, 1.165) is 31.2 Å². The van der Waals surface area contributed by atoms with Gasteiger partial charge in [0.05, 0.1) is 6.61 Å². The molecule has 0 fully saturated rings. The largest absolute Gasteiger partial charge is 0.507 e. The average molecular weight is 501 g/mol. The number of aromatic hydroxyl groups is 1. The van der Waals surface area contributed by atoms with Crippen molar-refractivity contribution < 1.29 is 24.2 Å². The number of aldehydes is 1. The van der Waals surface area contributed by atoms with E-state index in [4.69, 9.17) is 16.3 Å². The van der Waals surface area contributed by atoms with Gasteiger partial charge in [-0.15, -0.1) is 0 Å². The minimum absolute atomic E-state index is 0.0601. The van der Waals surface area contributed by atoms with Crippen molar-refractivity contribution in [2.45, 2.75) is 46.0 Å². The average Bonchev–Trinajstić information content (AvgIpc) is 2.84. The van der Waals surface area contributed by atoms with Crippen molar-refractivity contribution in [1.82, 2.24) is 5.32 Å². The number of hydrogen-bond donors (Lipinski definition) is 2. The summed E-state index contributed by atoms with van der Waals surface area (Å²) in [6, 6.07) is 10.3. The second kappa shape index (κ2) is 14.8. The number of nitrogens with zero attached hydrogens (tertiary/aromatic N) is 1. The monoisotopic (exact) mass is 500 g/mol. The number of allylic oxidation sites excluding steroid dienone is 2. The zero-order valence-corrected chi connectivity index (χ0v) is 21.0. The van der Waals surface area contributed by atoms with Gasteiger partial charge in [0.1, 0.15) is 24.3 Å². The van der Waals surface area contributed by atoms with Crippen molar-refractivity contribution >= 4 is 41.5 Å². The fraction of sp³-hybridized carbons (Fsp3) is 0.370. The molecule has 8 heteroatoms. The molecule has 188 valence electrons. The maximum atomic E-state index is 12.2. The van der Waals surface area contributed by atoms with Crippen LogP contribution in [-0.2, 0) is 20.8 Å². The maximum Gasteiger partial charge on any atom is 0.240 e. The van der Waals surface area contributed by atoms with Crippen LogP contribution in [0.25, 0.3) is 5.57 Å². The number of anilines is 1. The Morgan fingerprint density at radius 3 is 2.51 bits per heavy atom. The second-order valence-electron chi connectivity index (χ2n) is 8.14. The smallest absolute Gasteiger partial charge is 0.240 e. The highest BCUT2D eigenvalue weighted by Gasteiger charge is 2.14. The van der Waals surface area contributed by atoms with Gasteiger partial charge in [0, 0.05) is 28.4 Å². The number of unbranched alkanes of at least 4 members (excludes halogenated alkanes) is 2. The van der Waals surface area contributed by atoms with E-state index in [1.165, 1.54) is 11.0 Å². The Hall–Kier alpha value is -3.32. The first kappa shape index (κ1) is 27.9. The van der Waals surface area contributed by atoms with E-state index in [1.54, 1.807) is 37.3 Å². The fourth-order valence-corrected chi connectivity index (χ4v) is 3.73. The summed E-state index contributed by atoms with van der Waals surface area (Å²) >= 11 is 5.86. The third-order valence-electron chi connectivity index (χ3n) is 5.48. The number of nitrogens with one attached hydrogen (secondary N) is 1. The van der Waals surface area contributed by atoms with Crippen LogP contribution < -0.4 is 15.0 Å². The molecule has 0 aromatic heterocycles. The number of phenols is 1. The SMILES string of the molecule is CCCc1c(OCCCCCNC(=O)CN(C=O)c2ccc(Cl)cc2)ccc(/C(C)=C\C=O)c1O. The fourth-order valence-electron chi connectivity index (χ4n) is 3.60. The Kier molecular flexibility index (Phi) is 11.8. The Morgan fingerprint density at radius 2 is 1.86 bits per heavy atom. The van der Waals surface area contributed by atoms with Crippen LogP contribution in [-0.4, -0.2) is 43.4 Å². The van der Waals surface area contributed by atoms with Gasteiger partial charge in [-0.1, -0.05) is 24.9 Å². The molecule has 2 aromatic rings. The van der Waals surface area contributed by atoms with E-state index in [0.29, 0.717) is 59.9 Å². The molecule has 0 bridgehead atoms. The minimum atomic E-state index is -0.234. The first-order chi connectivity index (χ1) is 16.9. The molecule has 0 aliphatic heterocycles. The predicted molar refractivity (Wildman–Crippen MR) is 139 cm³/mol. The van der Waals surface area contributed by atoms with Crippen LogP contribution in [0.4, 0.5) is 5.69 Å². The van der Waals surface area contributed by atoms with Gasteiger partial charge >= 0.3 is 0 Å². The number of amides is 2. The summed E-state index contributed by atoms with van der Waals surface area (Å²) < 4.78 is 5.93. The molecule has 2 rings (SSSR count). The van der Waals surface area contributed by atoms with Crippen LogP contribution in [0.3, 0.4) is 0 Å². The van der Waals surface area contributed by atoms with Gasteiger partial charge in [-0.05, 0) is 80.7 Å². The third kappa shape index (κ3) is 8.76. The van der Waals surface area contributed by atoms with Gasteiger partial charge in [-0.25, -0.2) is 0 Å². The molecular weight excluding hydrogens is 468 g/mol. The van der Waals surface area contributed by atoms with Gasteiger partial charge in [-0.3, -0.25) is 14.4 Å². The molecule has 0 saturated carbocycles. The molecule has 2 aromatic carbocycles. The van der Waals surface area contributed by atoms with Crippen molar-refractivity contribution in [3.63, 3.8) is 0 Å². The molecule has 2 N–H and O–H groups in total. The van der Waals surface area contributed by atoms with E-state index >= 15 is 0 Å². The molecule has 0 unspecified atom stereocenters. The number of halogens is 1. The number of carbonyl (C=O) groups is 3. The highest BCUT2D eigenvalue weighted by molar-refractivity contribution is 6.30. The van der Waals surface area contributed by atoms with Crippen LogP contribution in [0.1, 0.15) is 50.7 Å². The summed E-state index contributed by atoms with van der Waals surface area (Å²) in [6.07, 6.45) is 6.70. The Labute approximate surface area is 211 Å². The standard InChI is InChI=1S/C27H33ClN2O5/c1-3-7-24-25(13-12-23(27(24)34)20(2)14-16-31)35-17-6-4-5-15-29-26(33)18-30(19-32)22-10-8-21(28)9-11-22/h8-14,16,19,34H,3-7,15,17-18H2,1-2H3,(H,29,33)/b20-14-. The second-order valence-corrected chi connectivity index (χ2v) is 8.58. The normalized spacial score (nSPS) is 11.1. The topological polar surface area (TPSA) is 95.9 Å². The lowest BCUT2D eigenvalue weighted by Gasteiger charge is -2.17. The van der Waals surface area contributed by atoms with Crippen molar-refractivity contribution in [2.24, 2.45) is 0 Å². The van der Waals surface area contributed by atoms with E-state index in [9.17, 15) is 19.5 Å². The van der Waals surface area contributed by atoms with Gasteiger partial charge in [0.15, 0.2) is 0 Å². The number of carbonyl (C=O) groups excluding carboxylic acids is 3. The minimum Gasteiger partial charge on any atom is -0.507 e. The van der Waals surface area contributed by atoms with Crippen LogP contribution in [0.5, 0.6) is 11.5 Å². The van der Waals surface area contributed by atoms with Gasteiger partial charge in [-0.2, -0.15) is 0 Å². The molecule has 0 aliphatic carbocycles. The lowest BCUT2D eigenvalue weighted by atomic mass is 9.99. The van der Waals surface area contributed by atoms with Gasteiger partial charge < -0.3 is 20.1 Å². The van der Waals surface area contributed by atoms with E-state index in [2.05, 4.69) is 5.32 Å². The molecule has 2 amide bonds. The summed E-state index contributed by atoms with van der Waals surface area (Å²) in [7, 11) is 0. The van der Waals surface area contributed by atoms with E-state index < -0.39 is 0 Å². The molecule has 0 radical (unpaired) electrons. The molecule has 7 nitrogen and oxygen atoms in total. The highest BCUT2D eigenvalue weighted by atomic mass is 35.5. The summed E-state index contributed by atoms with van der Waals surface area (Å²) in [6.45, 7) is 4.75. The van der Waals surface area contributed by atoms with Crippen molar-refractivity contribution in [3.05, 3.63) is 58.6 Å². The van der Waals surface area contributed by atoms with Crippen LogP contribution >= 0.6 is 11.6 Å². The zero-order valence-electron chi connectivity index (χ0n) is 20.3. The van der Waals surface area contributed by atoms with Crippen LogP contribution in [0.15, 0.2) is 42.5 Å². The molecule has 0 spiro atoms. The van der Waals surface area contributed by atoms with Crippen molar-refractivity contribution in [2.75, 3.05) is 24.6 Å². The lowest BCUT2D eigenvalue weighted by Crippen LogP contribution is -2.37. The molecule has 35 heavy (non-hydrogen) atoms. The number of benzene rings is 2. The van der Waals surface area contributed by atoms with E-state index in [1.807, 2.05) is 13.0 Å². The first-order valence-corrected chi connectivity index (χ1v) is 12.1. The Balaban J connectivity index is 1.75. The number of ether oxygens (including phenoxy) is 1. The quantitative estimate of drug-likeness (QED) is 0.205. The summed E-state index contributed by atoms with van der Waals surface area (Å²) in [5.41, 5.74) is 2.69. The Bertz CT molecular complexity index is 1020. The van der Waals surface area contributed by atoms with Crippen molar-refractivity contribution in [1.29, 1.82) is 0 Å². The predicted octanol–water partition coefficient (Wildman–Crippen LogP) is 4.93. The Morgan fingerprint density at radius 1 is 1.11 bits per heavy atom. The maximum absolute atomic E-state index is 12.2. The zero-order chi connectivity index (χ0) is 25.6. The lowest BCUT2D eigenvalue weighted by molar-refractivity contribution is -0.121. The van der Waals surface area contributed by atoms with Gasteiger partial charge in [0.25, 0.3) is 0 Å². The van der Waals surface area contributed by atoms with Crippen LogP contribution in [0.2, 0.25) is 5.02 Å². The summed E-state index contributed by atoms with van der Waals surface area (Å²) in [5.74, 6) is 0.573. The van der Waals surface area contributed by atoms with E-state index in [-0.39, 0.29) is 18.2 Å². The number of phenolic OH excluding ortho intramolecular Hbond substituents is 1. The van der Waals surface area contributed by atoms with Crippen LogP contribution in [0, 0.1) is 0 Å². The molecule has 0 heterocycles. The number of hydrogen-bond acceptors (Lipinski definition) is 5.